The van der Waals surface area contributed by atoms with E-state index in [9.17, 15) is 5.11 Å². The van der Waals surface area contributed by atoms with Crippen LogP contribution in [-0.4, -0.2) is 41.1 Å². The number of rotatable bonds is 6. The van der Waals surface area contributed by atoms with Gasteiger partial charge in [0.2, 0.25) is 0 Å². The Hall–Kier alpha value is -0.460. The van der Waals surface area contributed by atoms with Gasteiger partial charge < -0.3 is 20.6 Å². The van der Waals surface area contributed by atoms with Crippen LogP contribution in [0, 0.1) is 0 Å². The van der Waals surface area contributed by atoms with Gasteiger partial charge in [-0.05, 0) is 22.4 Å². The van der Waals surface area contributed by atoms with E-state index >= 15 is 0 Å². The fourth-order valence-corrected chi connectivity index (χ4v) is 1.74. The Labute approximate surface area is 86.8 Å². The second-order valence-electron chi connectivity index (χ2n) is 3.07. The molecule has 0 bridgehead atoms. The van der Waals surface area contributed by atoms with Gasteiger partial charge in [0.15, 0.2) is 0 Å². The standard InChI is InChI=1S/C9H15NO3S/c11-5-8(12)3-10-4-9(13)7-1-2-14-6-7/h1-2,6,8-13H,3-5H2. The summed E-state index contributed by atoms with van der Waals surface area (Å²) >= 11 is 1.54. The molecule has 0 aliphatic rings. The third-order valence-corrected chi connectivity index (χ3v) is 2.56. The van der Waals surface area contributed by atoms with Crippen molar-refractivity contribution in [3.8, 4) is 0 Å². The molecule has 0 saturated heterocycles. The highest BCUT2D eigenvalue weighted by Crippen LogP contribution is 2.14. The minimum Gasteiger partial charge on any atom is -0.394 e. The lowest BCUT2D eigenvalue weighted by Gasteiger charge is -2.12. The summed E-state index contributed by atoms with van der Waals surface area (Å²) in [6, 6.07) is 1.86. The first kappa shape index (κ1) is 11.6. The molecule has 1 rings (SSSR count). The van der Waals surface area contributed by atoms with Gasteiger partial charge in [-0.2, -0.15) is 11.3 Å². The minimum absolute atomic E-state index is 0.262. The van der Waals surface area contributed by atoms with Crippen molar-refractivity contribution < 1.29 is 15.3 Å². The SMILES string of the molecule is OCC(O)CNCC(O)c1ccsc1. The van der Waals surface area contributed by atoms with Crippen LogP contribution >= 0.6 is 11.3 Å². The van der Waals surface area contributed by atoms with Crippen LogP contribution in [0.1, 0.15) is 11.7 Å². The first-order chi connectivity index (χ1) is 6.74. The molecule has 4 nitrogen and oxygen atoms in total. The summed E-state index contributed by atoms with van der Waals surface area (Å²) in [6.45, 7) is 0.410. The molecule has 5 heteroatoms. The lowest BCUT2D eigenvalue weighted by molar-refractivity contribution is 0.0891. The normalized spacial score (nSPS) is 15.4. The molecule has 0 aliphatic carbocycles. The maximum absolute atomic E-state index is 9.60. The zero-order chi connectivity index (χ0) is 10.4. The van der Waals surface area contributed by atoms with Crippen molar-refractivity contribution in [1.82, 2.24) is 5.32 Å². The van der Waals surface area contributed by atoms with Gasteiger partial charge in [0.1, 0.15) is 0 Å². The minimum atomic E-state index is -0.760. The van der Waals surface area contributed by atoms with E-state index in [0.29, 0.717) is 6.54 Å². The molecule has 4 N–H and O–H groups in total. The first-order valence-corrected chi connectivity index (χ1v) is 5.38. The summed E-state index contributed by atoms with van der Waals surface area (Å²) in [5.41, 5.74) is 0.876. The van der Waals surface area contributed by atoms with Gasteiger partial charge in [-0.1, -0.05) is 0 Å². The lowest BCUT2D eigenvalue weighted by atomic mass is 10.2. The van der Waals surface area contributed by atoms with Crippen LogP contribution in [0.3, 0.4) is 0 Å². The summed E-state index contributed by atoms with van der Waals surface area (Å²) in [5, 5.41) is 33.8. The highest BCUT2D eigenvalue weighted by atomic mass is 32.1. The number of hydrogen-bond acceptors (Lipinski definition) is 5. The van der Waals surface area contributed by atoms with E-state index in [1.165, 1.54) is 11.3 Å². The van der Waals surface area contributed by atoms with Crippen molar-refractivity contribution in [2.24, 2.45) is 0 Å². The third-order valence-electron chi connectivity index (χ3n) is 1.86. The molecular weight excluding hydrogens is 202 g/mol. The molecule has 80 valence electrons. The second kappa shape index (κ2) is 6.10. The van der Waals surface area contributed by atoms with E-state index in [1.807, 2.05) is 16.8 Å². The van der Waals surface area contributed by atoms with E-state index in [4.69, 9.17) is 10.2 Å². The summed E-state index contributed by atoms with van der Waals surface area (Å²) < 4.78 is 0. The van der Waals surface area contributed by atoms with Gasteiger partial charge in [0.25, 0.3) is 0 Å². The molecule has 0 aromatic carbocycles. The zero-order valence-corrected chi connectivity index (χ0v) is 8.57. The number of aliphatic hydroxyl groups is 3. The van der Waals surface area contributed by atoms with Crippen LogP contribution in [0.4, 0.5) is 0 Å². The molecule has 0 radical (unpaired) electrons. The van der Waals surface area contributed by atoms with Gasteiger partial charge in [-0.15, -0.1) is 0 Å². The molecule has 0 fully saturated rings. The zero-order valence-electron chi connectivity index (χ0n) is 7.76. The van der Waals surface area contributed by atoms with Crippen molar-refractivity contribution in [1.29, 1.82) is 0 Å². The maximum atomic E-state index is 9.60. The largest absolute Gasteiger partial charge is 0.394 e. The van der Waals surface area contributed by atoms with Crippen molar-refractivity contribution in [3.05, 3.63) is 22.4 Å². The fourth-order valence-electron chi connectivity index (χ4n) is 1.03. The summed E-state index contributed by atoms with van der Waals surface area (Å²) in [4.78, 5) is 0. The topological polar surface area (TPSA) is 72.7 Å². The maximum Gasteiger partial charge on any atom is 0.0922 e. The van der Waals surface area contributed by atoms with E-state index in [0.717, 1.165) is 5.56 Å². The Kier molecular flexibility index (Phi) is 5.06. The van der Waals surface area contributed by atoms with E-state index in [1.54, 1.807) is 0 Å². The Morgan fingerprint density at radius 1 is 1.36 bits per heavy atom. The summed E-state index contributed by atoms with van der Waals surface area (Å²) in [7, 11) is 0. The van der Waals surface area contributed by atoms with Crippen molar-refractivity contribution in [2.45, 2.75) is 12.2 Å². The molecule has 2 unspecified atom stereocenters. The van der Waals surface area contributed by atoms with Gasteiger partial charge in [-0.25, -0.2) is 0 Å². The number of aliphatic hydroxyl groups excluding tert-OH is 3. The predicted molar refractivity (Wildman–Crippen MR) is 55.2 cm³/mol. The monoisotopic (exact) mass is 217 g/mol. The van der Waals surface area contributed by atoms with Crippen LogP contribution in [0.25, 0.3) is 0 Å². The molecule has 0 amide bonds. The van der Waals surface area contributed by atoms with Crippen LogP contribution in [0.15, 0.2) is 16.8 Å². The summed E-state index contributed by atoms with van der Waals surface area (Å²) in [5.74, 6) is 0. The van der Waals surface area contributed by atoms with Gasteiger partial charge in [0, 0.05) is 13.1 Å². The second-order valence-corrected chi connectivity index (χ2v) is 3.85. The third kappa shape index (κ3) is 3.73. The average molecular weight is 217 g/mol. The molecule has 14 heavy (non-hydrogen) atoms. The lowest BCUT2D eigenvalue weighted by Crippen LogP contribution is -2.32. The van der Waals surface area contributed by atoms with Gasteiger partial charge >= 0.3 is 0 Å². The molecular formula is C9H15NO3S. The van der Waals surface area contributed by atoms with Crippen molar-refractivity contribution in [2.75, 3.05) is 19.7 Å². The van der Waals surface area contributed by atoms with Gasteiger partial charge in [0.05, 0.1) is 18.8 Å². The number of thiophene rings is 1. The Morgan fingerprint density at radius 2 is 2.14 bits per heavy atom. The van der Waals surface area contributed by atoms with Crippen LogP contribution in [0.2, 0.25) is 0 Å². The van der Waals surface area contributed by atoms with E-state index < -0.39 is 12.2 Å². The smallest absolute Gasteiger partial charge is 0.0922 e. The fraction of sp³-hybridized carbons (Fsp3) is 0.556. The molecule has 1 heterocycles. The highest BCUT2D eigenvalue weighted by molar-refractivity contribution is 7.07. The van der Waals surface area contributed by atoms with Crippen LogP contribution in [0.5, 0.6) is 0 Å². The molecule has 2 atom stereocenters. The molecule has 0 spiro atoms. The quantitative estimate of drug-likeness (QED) is 0.529. The Morgan fingerprint density at radius 3 is 2.71 bits per heavy atom. The number of nitrogens with one attached hydrogen (secondary N) is 1. The Bertz CT molecular complexity index is 240. The average Bonchev–Trinajstić information content (AvgIpc) is 2.70. The summed E-state index contributed by atoms with van der Waals surface area (Å²) in [6.07, 6.45) is -1.31. The molecule has 1 aromatic rings. The Balaban J connectivity index is 2.19. The van der Waals surface area contributed by atoms with Crippen LogP contribution < -0.4 is 5.32 Å². The predicted octanol–water partition coefficient (Wildman–Crippen LogP) is -0.276. The molecule has 0 saturated carbocycles. The van der Waals surface area contributed by atoms with Crippen LogP contribution in [-0.2, 0) is 0 Å². The molecule has 0 aliphatic heterocycles. The first-order valence-electron chi connectivity index (χ1n) is 4.44. The highest BCUT2D eigenvalue weighted by Gasteiger charge is 2.08. The molecule has 1 aromatic heterocycles. The van der Waals surface area contributed by atoms with Crippen molar-refractivity contribution >= 4 is 11.3 Å². The van der Waals surface area contributed by atoms with Gasteiger partial charge in [-0.3, -0.25) is 0 Å². The van der Waals surface area contributed by atoms with Crippen molar-refractivity contribution in [3.63, 3.8) is 0 Å². The number of hydrogen-bond donors (Lipinski definition) is 4. The van der Waals surface area contributed by atoms with E-state index in [2.05, 4.69) is 5.32 Å². The van der Waals surface area contributed by atoms with E-state index in [-0.39, 0.29) is 13.2 Å².